The second-order valence-electron chi connectivity index (χ2n) is 6.13. The van der Waals surface area contributed by atoms with Gasteiger partial charge in [-0.1, -0.05) is 42.1 Å². The molecular weight excluding hydrogens is 376 g/mol. The molecule has 146 valence electrons. The summed E-state index contributed by atoms with van der Waals surface area (Å²) < 4.78 is 7.18. The van der Waals surface area contributed by atoms with Crippen LogP contribution in [-0.4, -0.2) is 38.3 Å². The van der Waals surface area contributed by atoms with Crippen molar-refractivity contribution in [1.29, 1.82) is 0 Å². The second-order valence-corrected chi connectivity index (χ2v) is 7.20. The molecule has 3 N–H and O–H groups in total. The fourth-order valence-electron chi connectivity index (χ4n) is 2.58. The lowest BCUT2D eigenvalue weighted by Gasteiger charge is -2.06. The molecule has 1 aromatic heterocycles. The van der Waals surface area contributed by atoms with Crippen LogP contribution in [0, 0.1) is 0 Å². The number of ether oxygens (including phenoxy) is 1. The van der Waals surface area contributed by atoms with Crippen molar-refractivity contribution < 1.29 is 14.6 Å². The minimum atomic E-state index is -0.947. The fraction of sp³-hybridized carbons (Fsp3) is 0.250. The number of hydrogen-bond donors (Lipinski definition) is 2. The third kappa shape index (κ3) is 5.50. The Morgan fingerprint density at radius 3 is 2.54 bits per heavy atom. The molecule has 0 aliphatic carbocycles. The number of nitrogen functional groups attached to an aromatic ring is 1. The van der Waals surface area contributed by atoms with Crippen LogP contribution in [0.3, 0.4) is 0 Å². The van der Waals surface area contributed by atoms with E-state index in [4.69, 9.17) is 15.7 Å². The highest BCUT2D eigenvalue weighted by molar-refractivity contribution is 7.99. The molecule has 0 saturated heterocycles. The first-order valence-electron chi connectivity index (χ1n) is 8.96. The molecule has 2 aromatic carbocycles. The number of benzene rings is 2. The summed E-state index contributed by atoms with van der Waals surface area (Å²) in [5.74, 6) is 7.37. The van der Waals surface area contributed by atoms with Gasteiger partial charge in [-0.05, 0) is 42.7 Å². The molecule has 0 spiro atoms. The van der Waals surface area contributed by atoms with Crippen LogP contribution in [0.25, 0.3) is 0 Å². The van der Waals surface area contributed by atoms with Gasteiger partial charge < -0.3 is 15.7 Å². The largest absolute Gasteiger partial charge is 0.494 e. The van der Waals surface area contributed by atoms with E-state index in [0.29, 0.717) is 17.5 Å². The standard InChI is InChI=1S/C20H22N4O3S/c21-24-18(12-7-15-5-2-1-3-6-15)22-23-20(24)28-14-4-13-27-17-10-8-16(9-11-17)19(25)26/h1-3,5-6,8-11H,4,7,12-14,21H2,(H,25,26). The monoisotopic (exact) mass is 398 g/mol. The van der Waals surface area contributed by atoms with E-state index in [1.807, 2.05) is 18.2 Å². The van der Waals surface area contributed by atoms with E-state index in [-0.39, 0.29) is 5.56 Å². The van der Waals surface area contributed by atoms with Gasteiger partial charge >= 0.3 is 5.97 Å². The lowest BCUT2D eigenvalue weighted by Crippen LogP contribution is -2.15. The lowest BCUT2D eigenvalue weighted by molar-refractivity contribution is 0.0697. The van der Waals surface area contributed by atoms with Gasteiger partial charge in [0.25, 0.3) is 0 Å². The van der Waals surface area contributed by atoms with Crippen molar-refractivity contribution in [2.24, 2.45) is 0 Å². The number of aromatic carboxylic acids is 1. The third-order valence-corrected chi connectivity index (χ3v) is 5.13. The van der Waals surface area contributed by atoms with Gasteiger partial charge in [0.1, 0.15) is 5.75 Å². The number of nitrogens with two attached hydrogens (primary N) is 1. The summed E-state index contributed by atoms with van der Waals surface area (Å²) in [5, 5.41) is 17.9. The third-order valence-electron chi connectivity index (χ3n) is 4.11. The maximum Gasteiger partial charge on any atom is 0.335 e. The molecule has 8 heteroatoms. The number of aromatic nitrogens is 3. The van der Waals surface area contributed by atoms with Gasteiger partial charge in [0, 0.05) is 12.2 Å². The van der Waals surface area contributed by atoms with Crippen LogP contribution in [0.2, 0.25) is 0 Å². The van der Waals surface area contributed by atoms with Gasteiger partial charge in [-0.25, -0.2) is 9.47 Å². The van der Waals surface area contributed by atoms with Gasteiger partial charge in [0.05, 0.1) is 12.2 Å². The van der Waals surface area contributed by atoms with Crippen molar-refractivity contribution in [1.82, 2.24) is 14.9 Å². The minimum absolute atomic E-state index is 0.244. The van der Waals surface area contributed by atoms with Gasteiger partial charge in [-0.2, -0.15) is 0 Å². The van der Waals surface area contributed by atoms with E-state index in [1.54, 1.807) is 16.8 Å². The number of thioether (sulfide) groups is 1. The van der Waals surface area contributed by atoms with Crippen molar-refractivity contribution in [3.8, 4) is 5.75 Å². The molecule has 3 rings (SSSR count). The highest BCUT2D eigenvalue weighted by Crippen LogP contribution is 2.17. The normalized spacial score (nSPS) is 10.7. The zero-order valence-electron chi connectivity index (χ0n) is 15.3. The average molecular weight is 398 g/mol. The predicted molar refractivity (Wildman–Crippen MR) is 108 cm³/mol. The molecule has 3 aromatic rings. The van der Waals surface area contributed by atoms with Crippen molar-refractivity contribution in [3.63, 3.8) is 0 Å². The van der Waals surface area contributed by atoms with E-state index in [9.17, 15) is 4.79 Å². The first-order valence-corrected chi connectivity index (χ1v) is 9.94. The van der Waals surface area contributed by atoms with Gasteiger partial charge in [0.15, 0.2) is 5.82 Å². The summed E-state index contributed by atoms with van der Waals surface area (Å²) in [7, 11) is 0. The molecule has 0 bridgehead atoms. The molecule has 0 atom stereocenters. The maximum absolute atomic E-state index is 10.8. The average Bonchev–Trinajstić information content (AvgIpc) is 3.07. The first-order chi connectivity index (χ1) is 13.6. The van der Waals surface area contributed by atoms with Crippen LogP contribution < -0.4 is 10.6 Å². The molecule has 0 radical (unpaired) electrons. The molecule has 0 saturated carbocycles. The summed E-state index contributed by atoms with van der Waals surface area (Å²) in [6, 6.07) is 16.6. The number of aryl methyl sites for hydroxylation is 2. The van der Waals surface area contributed by atoms with Crippen molar-refractivity contribution in [3.05, 3.63) is 71.5 Å². The summed E-state index contributed by atoms with van der Waals surface area (Å²) in [5.41, 5.74) is 1.49. The highest BCUT2D eigenvalue weighted by Gasteiger charge is 2.10. The Morgan fingerprint density at radius 1 is 1.07 bits per heavy atom. The van der Waals surface area contributed by atoms with Gasteiger partial charge in [-0.15, -0.1) is 10.2 Å². The zero-order valence-corrected chi connectivity index (χ0v) is 16.1. The number of hydrogen-bond acceptors (Lipinski definition) is 6. The molecular formula is C20H22N4O3S. The van der Waals surface area contributed by atoms with Gasteiger partial charge in [0.2, 0.25) is 5.16 Å². The topological polar surface area (TPSA) is 103 Å². The number of carboxylic acids is 1. The van der Waals surface area contributed by atoms with Crippen LogP contribution in [0.4, 0.5) is 0 Å². The van der Waals surface area contributed by atoms with Crippen LogP contribution in [0.1, 0.15) is 28.2 Å². The molecule has 0 unspecified atom stereocenters. The van der Waals surface area contributed by atoms with E-state index in [1.165, 1.54) is 29.5 Å². The number of carbonyl (C=O) groups is 1. The van der Waals surface area contributed by atoms with Crippen LogP contribution in [0.15, 0.2) is 59.8 Å². The van der Waals surface area contributed by atoms with Crippen LogP contribution >= 0.6 is 11.8 Å². The Labute approximate surface area is 167 Å². The number of carboxylic acid groups (broad SMARTS) is 1. The van der Waals surface area contributed by atoms with E-state index < -0.39 is 5.97 Å². The minimum Gasteiger partial charge on any atom is -0.494 e. The first kappa shape index (κ1) is 19.8. The summed E-state index contributed by atoms with van der Waals surface area (Å²) >= 11 is 1.54. The van der Waals surface area contributed by atoms with E-state index in [0.717, 1.165) is 30.8 Å². The fourth-order valence-corrected chi connectivity index (χ4v) is 3.37. The Hall–Kier alpha value is -3.00. The Balaban J connectivity index is 1.39. The Kier molecular flexibility index (Phi) is 6.91. The molecule has 7 nitrogen and oxygen atoms in total. The van der Waals surface area contributed by atoms with Crippen molar-refractivity contribution >= 4 is 17.7 Å². The van der Waals surface area contributed by atoms with Crippen LogP contribution in [0.5, 0.6) is 5.75 Å². The molecule has 1 heterocycles. The molecule has 0 aliphatic heterocycles. The SMILES string of the molecule is Nn1c(CCc2ccccc2)nnc1SCCCOc1ccc(C(=O)O)cc1. The molecule has 0 fully saturated rings. The maximum atomic E-state index is 10.8. The molecule has 28 heavy (non-hydrogen) atoms. The van der Waals surface area contributed by atoms with E-state index >= 15 is 0 Å². The number of nitrogens with zero attached hydrogens (tertiary/aromatic N) is 3. The highest BCUT2D eigenvalue weighted by atomic mass is 32.2. The summed E-state index contributed by atoms with van der Waals surface area (Å²) in [4.78, 5) is 10.8. The Morgan fingerprint density at radius 2 is 1.82 bits per heavy atom. The lowest BCUT2D eigenvalue weighted by atomic mass is 10.1. The predicted octanol–water partition coefficient (Wildman–Crippen LogP) is 3.04. The van der Waals surface area contributed by atoms with Crippen molar-refractivity contribution in [2.75, 3.05) is 18.2 Å². The quantitative estimate of drug-likeness (QED) is 0.307. The smallest absolute Gasteiger partial charge is 0.335 e. The molecule has 0 amide bonds. The van der Waals surface area contributed by atoms with Gasteiger partial charge in [-0.3, -0.25) is 0 Å². The van der Waals surface area contributed by atoms with E-state index in [2.05, 4.69) is 22.3 Å². The van der Waals surface area contributed by atoms with Crippen LogP contribution in [-0.2, 0) is 12.8 Å². The zero-order chi connectivity index (χ0) is 19.8. The molecule has 0 aliphatic rings. The summed E-state index contributed by atoms with van der Waals surface area (Å²) in [6.07, 6.45) is 2.41. The second kappa shape index (κ2) is 9.80. The van der Waals surface area contributed by atoms with Crippen molar-refractivity contribution in [2.45, 2.75) is 24.4 Å². The Bertz CT molecular complexity index is 898. The summed E-state index contributed by atoms with van der Waals surface area (Å²) in [6.45, 7) is 0.527. The number of rotatable bonds is 10.